The number of hydrogen-bond donors (Lipinski definition) is 2. The van der Waals surface area contributed by atoms with Crippen LogP contribution in [0.2, 0.25) is 0 Å². The van der Waals surface area contributed by atoms with Gasteiger partial charge in [0.1, 0.15) is 0 Å². The molecule has 1 aliphatic carbocycles. The molecule has 3 heteroatoms. The Balaban J connectivity index is 2.54. The highest BCUT2D eigenvalue weighted by Crippen LogP contribution is 2.35. The van der Waals surface area contributed by atoms with Crippen molar-refractivity contribution >= 4 is 7.12 Å². The second-order valence-electron chi connectivity index (χ2n) is 5.78. The van der Waals surface area contributed by atoms with Crippen molar-refractivity contribution < 1.29 is 10.0 Å². The van der Waals surface area contributed by atoms with Crippen LogP contribution in [0.1, 0.15) is 31.4 Å². The predicted molar refractivity (Wildman–Crippen MR) is 84.3 cm³/mol. The van der Waals surface area contributed by atoms with E-state index >= 15 is 0 Å². The number of fused-ring (bicyclic) bond motifs is 1. The van der Waals surface area contributed by atoms with Gasteiger partial charge in [-0.25, -0.2) is 0 Å². The lowest BCUT2D eigenvalue weighted by Gasteiger charge is -2.30. The van der Waals surface area contributed by atoms with E-state index in [1.165, 1.54) is 11.1 Å². The van der Waals surface area contributed by atoms with Crippen molar-refractivity contribution in [2.24, 2.45) is 0 Å². The fourth-order valence-electron chi connectivity index (χ4n) is 2.55. The van der Waals surface area contributed by atoms with Gasteiger partial charge in [-0.05, 0) is 35.0 Å². The second kappa shape index (κ2) is 5.82. The average Bonchev–Trinajstić information content (AvgIpc) is 2.41. The van der Waals surface area contributed by atoms with Gasteiger partial charge in [-0.2, -0.15) is 0 Å². The fourth-order valence-corrected chi connectivity index (χ4v) is 2.55. The van der Waals surface area contributed by atoms with Crippen molar-refractivity contribution in [3.8, 4) is 0 Å². The average molecular weight is 268 g/mol. The Morgan fingerprint density at radius 1 is 1.10 bits per heavy atom. The molecule has 104 valence electrons. The van der Waals surface area contributed by atoms with Crippen molar-refractivity contribution in [1.29, 1.82) is 0 Å². The zero-order chi connectivity index (χ0) is 14.8. The zero-order valence-corrected chi connectivity index (χ0v) is 12.1. The van der Waals surface area contributed by atoms with Crippen molar-refractivity contribution in [1.82, 2.24) is 0 Å². The lowest BCUT2D eigenvalue weighted by molar-refractivity contribution is 0.417. The molecule has 20 heavy (non-hydrogen) atoms. The van der Waals surface area contributed by atoms with E-state index in [1.807, 2.05) is 18.2 Å². The van der Waals surface area contributed by atoms with E-state index in [0.29, 0.717) is 11.9 Å². The number of benzene rings is 1. The van der Waals surface area contributed by atoms with Crippen molar-refractivity contribution in [3.05, 3.63) is 71.2 Å². The quantitative estimate of drug-likeness (QED) is 0.607. The van der Waals surface area contributed by atoms with Crippen LogP contribution in [-0.2, 0) is 11.8 Å². The molecule has 2 nitrogen and oxygen atoms in total. The summed E-state index contributed by atoms with van der Waals surface area (Å²) >= 11 is 0. The van der Waals surface area contributed by atoms with Crippen LogP contribution in [0.5, 0.6) is 0 Å². The molecule has 0 fully saturated rings. The van der Waals surface area contributed by atoms with Crippen LogP contribution in [0.15, 0.2) is 60.1 Å². The highest BCUT2D eigenvalue weighted by atomic mass is 16.4. The molecule has 0 saturated heterocycles. The molecule has 0 amide bonds. The van der Waals surface area contributed by atoms with E-state index in [9.17, 15) is 10.0 Å². The highest BCUT2D eigenvalue weighted by molar-refractivity contribution is 6.50. The summed E-state index contributed by atoms with van der Waals surface area (Å²) in [5.74, 6) is 0. The molecule has 0 spiro atoms. The molecule has 0 radical (unpaired) electrons. The first-order chi connectivity index (χ1) is 9.43. The molecule has 2 rings (SSSR count). The summed E-state index contributed by atoms with van der Waals surface area (Å²) in [4.78, 5) is 0. The number of hydrogen-bond acceptors (Lipinski definition) is 2. The summed E-state index contributed by atoms with van der Waals surface area (Å²) in [6.07, 6.45) is 7.26. The maximum Gasteiger partial charge on any atom is 0.484 e. The summed E-state index contributed by atoms with van der Waals surface area (Å²) in [7, 11) is -1.43. The first-order valence-corrected chi connectivity index (χ1v) is 6.92. The van der Waals surface area contributed by atoms with Crippen LogP contribution in [0.4, 0.5) is 0 Å². The Bertz CT molecular complexity index is 568. The SMILES string of the molecule is C=C1/C=C(/B(O)O)C/C=C\Cc2ccccc2C1(C)C. The summed E-state index contributed by atoms with van der Waals surface area (Å²) in [5.41, 5.74) is 3.76. The summed E-state index contributed by atoms with van der Waals surface area (Å²) < 4.78 is 0. The third-order valence-corrected chi connectivity index (χ3v) is 4.04. The second-order valence-corrected chi connectivity index (χ2v) is 5.78. The van der Waals surface area contributed by atoms with E-state index in [1.54, 1.807) is 0 Å². The van der Waals surface area contributed by atoms with Gasteiger partial charge >= 0.3 is 7.12 Å². The number of rotatable bonds is 1. The van der Waals surface area contributed by atoms with Crippen LogP contribution < -0.4 is 0 Å². The van der Waals surface area contributed by atoms with Crippen molar-refractivity contribution in [2.75, 3.05) is 0 Å². The van der Waals surface area contributed by atoms with Crippen LogP contribution in [-0.4, -0.2) is 17.2 Å². The van der Waals surface area contributed by atoms with E-state index in [-0.39, 0.29) is 5.41 Å². The topological polar surface area (TPSA) is 40.5 Å². The molecule has 0 atom stereocenters. The standard InChI is InChI=1S/C17H21BO2/c1-13-12-15(18(19)20)10-6-4-8-14-9-5-7-11-16(14)17(13,2)3/h4-7,9,11-12,19-20H,1,8,10H2,2-3H3/b6-4-,15-12+. The monoisotopic (exact) mass is 268 g/mol. The Labute approximate surface area is 121 Å². The van der Waals surface area contributed by atoms with Crippen LogP contribution >= 0.6 is 0 Å². The fraction of sp³-hybridized carbons (Fsp3) is 0.294. The molecule has 2 N–H and O–H groups in total. The smallest absolute Gasteiger partial charge is 0.423 e. The van der Waals surface area contributed by atoms with Gasteiger partial charge in [0.25, 0.3) is 0 Å². The largest absolute Gasteiger partial charge is 0.484 e. The molecule has 1 aromatic rings. The molecular formula is C17H21BO2. The summed E-state index contributed by atoms with van der Waals surface area (Å²) in [5, 5.41) is 18.9. The number of allylic oxidation sites excluding steroid dienone is 5. The molecular weight excluding hydrogens is 247 g/mol. The van der Waals surface area contributed by atoms with Gasteiger partial charge in [0.2, 0.25) is 0 Å². The third kappa shape index (κ3) is 2.95. The highest BCUT2D eigenvalue weighted by Gasteiger charge is 2.27. The van der Waals surface area contributed by atoms with Crippen LogP contribution in [0.25, 0.3) is 0 Å². The molecule has 0 bridgehead atoms. The Kier molecular flexibility index (Phi) is 4.31. The minimum Gasteiger partial charge on any atom is -0.423 e. The predicted octanol–water partition coefficient (Wildman–Crippen LogP) is 2.96. The first kappa shape index (κ1) is 14.8. The maximum absolute atomic E-state index is 9.45. The van der Waals surface area contributed by atoms with E-state index in [2.05, 4.69) is 44.7 Å². The summed E-state index contributed by atoms with van der Waals surface area (Å²) in [6.45, 7) is 8.39. The first-order valence-electron chi connectivity index (χ1n) is 6.92. The van der Waals surface area contributed by atoms with E-state index < -0.39 is 7.12 Å². The van der Waals surface area contributed by atoms with Gasteiger partial charge in [0, 0.05) is 5.41 Å². The van der Waals surface area contributed by atoms with Crippen LogP contribution in [0.3, 0.4) is 0 Å². The molecule has 0 aromatic heterocycles. The molecule has 0 aliphatic heterocycles. The molecule has 1 aliphatic rings. The Morgan fingerprint density at radius 2 is 1.75 bits per heavy atom. The van der Waals surface area contributed by atoms with Crippen LogP contribution in [0, 0.1) is 0 Å². The van der Waals surface area contributed by atoms with Gasteiger partial charge in [-0.3, -0.25) is 0 Å². The third-order valence-electron chi connectivity index (χ3n) is 4.04. The van der Waals surface area contributed by atoms with Gasteiger partial charge in [-0.15, -0.1) is 0 Å². The molecule has 0 unspecified atom stereocenters. The zero-order valence-electron chi connectivity index (χ0n) is 12.1. The Hall–Kier alpha value is -1.58. The van der Waals surface area contributed by atoms with Crippen molar-refractivity contribution in [3.63, 3.8) is 0 Å². The lowest BCUT2D eigenvalue weighted by atomic mass is 9.70. The van der Waals surface area contributed by atoms with Gasteiger partial charge in [0.15, 0.2) is 0 Å². The molecule has 0 saturated carbocycles. The van der Waals surface area contributed by atoms with Crippen molar-refractivity contribution in [2.45, 2.75) is 32.1 Å². The molecule has 1 aromatic carbocycles. The molecule has 0 heterocycles. The lowest BCUT2D eigenvalue weighted by Crippen LogP contribution is -2.23. The van der Waals surface area contributed by atoms with Gasteiger partial charge in [0.05, 0.1) is 0 Å². The summed E-state index contributed by atoms with van der Waals surface area (Å²) in [6, 6.07) is 8.35. The minimum atomic E-state index is -1.43. The normalized spacial score (nSPS) is 22.4. The minimum absolute atomic E-state index is 0.234. The Morgan fingerprint density at radius 3 is 2.45 bits per heavy atom. The van der Waals surface area contributed by atoms with E-state index in [0.717, 1.165) is 12.0 Å². The van der Waals surface area contributed by atoms with Gasteiger partial charge in [-0.1, -0.05) is 62.9 Å². The maximum atomic E-state index is 9.45. The van der Waals surface area contributed by atoms with Gasteiger partial charge < -0.3 is 10.0 Å². The van der Waals surface area contributed by atoms with E-state index in [4.69, 9.17) is 0 Å².